The van der Waals surface area contributed by atoms with E-state index in [1.807, 2.05) is 6.07 Å². The molecular formula is C13H18FN. The van der Waals surface area contributed by atoms with Crippen LogP contribution in [-0.4, -0.2) is 4.98 Å². The fraction of sp³-hybridized carbons (Fsp3) is 0.615. The average molecular weight is 207 g/mol. The standard InChI is InChI=1S/C13H18FN/c1-9-3-4-11(7-10(9)2)12-5-6-15-13(14)8-12/h5-6,8-11H,3-4,7H2,1-2H3. The third kappa shape index (κ3) is 2.36. The van der Waals surface area contributed by atoms with Crippen molar-refractivity contribution in [3.63, 3.8) is 0 Å². The van der Waals surface area contributed by atoms with Gasteiger partial charge in [0.15, 0.2) is 0 Å². The Balaban J connectivity index is 2.12. The van der Waals surface area contributed by atoms with Gasteiger partial charge in [0.1, 0.15) is 0 Å². The summed E-state index contributed by atoms with van der Waals surface area (Å²) in [5.41, 5.74) is 1.13. The third-order valence-corrected chi connectivity index (χ3v) is 3.82. The van der Waals surface area contributed by atoms with Gasteiger partial charge in [-0.1, -0.05) is 13.8 Å². The molecule has 1 heterocycles. The van der Waals surface area contributed by atoms with Gasteiger partial charge in [-0.05, 0) is 54.7 Å². The van der Waals surface area contributed by atoms with E-state index in [0.29, 0.717) is 5.92 Å². The van der Waals surface area contributed by atoms with Gasteiger partial charge in [0.05, 0.1) is 0 Å². The SMILES string of the molecule is CC1CCC(c2ccnc(F)c2)CC1C. The number of hydrogen-bond donors (Lipinski definition) is 0. The number of hydrogen-bond acceptors (Lipinski definition) is 1. The van der Waals surface area contributed by atoms with Crippen molar-refractivity contribution in [3.8, 4) is 0 Å². The zero-order valence-corrected chi connectivity index (χ0v) is 9.41. The van der Waals surface area contributed by atoms with Crippen molar-refractivity contribution >= 4 is 0 Å². The highest BCUT2D eigenvalue weighted by Gasteiger charge is 2.25. The lowest BCUT2D eigenvalue weighted by Gasteiger charge is -2.32. The molecule has 0 bridgehead atoms. The van der Waals surface area contributed by atoms with Crippen LogP contribution in [0.25, 0.3) is 0 Å². The summed E-state index contributed by atoms with van der Waals surface area (Å²) in [6.07, 6.45) is 5.21. The van der Waals surface area contributed by atoms with E-state index in [1.165, 1.54) is 19.3 Å². The summed E-state index contributed by atoms with van der Waals surface area (Å²) in [6.45, 7) is 4.61. The highest BCUT2D eigenvalue weighted by Crippen LogP contribution is 2.38. The second kappa shape index (κ2) is 4.30. The topological polar surface area (TPSA) is 12.9 Å². The smallest absolute Gasteiger partial charge is 0.213 e. The molecule has 2 rings (SSSR count). The Bertz CT molecular complexity index is 337. The van der Waals surface area contributed by atoms with Crippen molar-refractivity contribution in [1.29, 1.82) is 0 Å². The van der Waals surface area contributed by atoms with E-state index in [4.69, 9.17) is 0 Å². The predicted molar refractivity (Wildman–Crippen MR) is 59.1 cm³/mol. The molecule has 1 aliphatic rings. The van der Waals surface area contributed by atoms with E-state index < -0.39 is 0 Å². The van der Waals surface area contributed by atoms with Crippen LogP contribution in [0.5, 0.6) is 0 Å². The highest BCUT2D eigenvalue weighted by molar-refractivity contribution is 5.17. The van der Waals surface area contributed by atoms with Crippen molar-refractivity contribution in [2.24, 2.45) is 11.8 Å². The zero-order chi connectivity index (χ0) is 10.8. The molecule has 1 nitrogen and oxygen atoms in total. The van der Waals surface area contributed by atoms with Crippen molar-refractivity contribution in [2.75, 3.05) is 0 Å². The van der Waals surface area contributed by atoms with E-state index >= 15 is 0 Å². The lowest BCUT2D eigenvalue weighted by atomic mass is 9.73. The van der Waals surface area contributed by atoms with Gasteiger partial charge in [-0.25, -0.2) is 4.98 Å². The summed E-state index contributed by atoms with van der Waals surface area (Å²) in [6, 6.07) is 3.55. The Kier molecular flexibility index (Phi) is 3.03. The van der Waals surface area contributed by atoms with Crippen LogP contribution in [0.15, 0.2) is 18.3 Å². The van der Waals surface area contributed by atoms with E-state index in [9.17, 15) is 4.39 Å². The van der Waals surface area contributed by atoms with E-state index in [-0.39, 0.29) is 5.95 Å². The van der Waals surface area contributed by atoms with Crippen molar-refractivity contribution in [1.82, 2.24) is 4.98 Å². The monoisotopic (exact) mass is 207 g/mol. The molecule has 15 heavy (non-hydrogen) atoms. The number of pyridine rings is 1. The van der Waals surface area contributed by atoms with Crippen molar-refractivity contribution in [2.45, 2.75) is 39.0 Å². The fourth-order valence-corrected chi connectivity index (χ4v) is 2.52. The van der Waals surface area contributed by atoms with Crippen LogP contribution in [0.4, 0.5) is 4.39 Å². The minimum Gasteiger partial charge on any atom is -0.228 e. The summed E-state index contributed by atoms with van der Waals surface area (Å²) in [4.78, 5) is 3.60. The van der Waals surface area contributed by atoms with Crippen LogP contribution in [-0.2, 0) is 0 Å². The Morgan fingerprint density at radius 3 is 2.73 bits per heavy atom. The Hall–Kier alpha value is -0.920. The summed E-state index contributed by atoms with van der Waals surface area (Å²) >= 11 is 0. The first-order valence-electron chi connectivity index (χ1n) is 5.78. The highest BCUT2D eigenvalue weighted by atomic mass is 19.1. The molecule has 1 aliphatic carbocycles. The minimum absolute atomic E-state index is 0.348. The molecule has 82 valence electrons. The number of nitrogens with zero attached hydrogens (tertiary/aromatic N) is 1. The zero-order valence-electron chi connectivity index (χ0n) is 9.41. The number of aromatic nitrogens is 1. The molecule has 0 saturated heterocycles. The Morgan fingerprint density at radius 2 is 2.07 bits per heavy atom. The second-order valence-electron chi connectivity index (χ2n) is 4.88. The van der Waals surface area contributed by atoms with Crippen molar-refractivity contribution in [3.05, 3.63) is 29.8 Å². The third-order valence-electron chi connectivity index (χ3n) is 3.82. The molecule has 3 unspecified atom stereocenters. The van der Waals surface area contributed by atoms with E-state index in [1.54, 1.807) is 12.3 Å². The van der Waals surface area contributed by atoms with Gasteiger partial charge < -0.3 is 0 Å². The van der Waals surface area contributed by atoms with E-state index in [2.05, 4.69) is 18.8 Å². The molecular weight excluding hydrogens is 189 g/mol. The number of rotatable bonds is 1. The normalized spacial score (nSPS) is 31.5. The summed E-state index contributed by atoms with van der Waals surface area (Å²) in [5, 5.41) is 0. The minimum atomic E-state index is -0.348. The molecule has 0 aliphatic heterocycles. The molecule has 1 saturated carbocycles. The quantitative estimate of drug-likeness (QED) is 0.639. The summed E-state index contributed by atoms with van der Waals surface area (Å²) in [7, 11) is 0. The Labute approximate surface area is 90.7 Å². The van der Waals surface area contributed by atoms with Gasteiger partial charge in [-0.2, -0.15) is 4.39 Å². The maximum Gasteiger partial charge on any atom is 0.213 e. The molecule has 1 aromatic heterocycles. The van der Waals surface area contributed by atoms with Crippen LogP contribution in [0, 0.1) is 17.8 Å². The molecule has 0 N–H and O–H groups in total. The predicted octanol–water partition coefficient (Wildman–Crippen LogP) is 3.76. The van der Waals surface area contributed by atoms with Gasteiger partial charge in [-0.15, -0.1) is 0 Å². The van der Waals surface area contributed by atoms with Gasteiger partial charge >= 0.3 is 0 Å². The van der Waals surface area contributed by atoms with Crippen LogP contribution >= 0.6 is 0 Å². The van der Waals surface area contributed by atoms with Crippen molar-refractivity contribution < 1.29 is 4.39 Å². The summed E-state index contributed by atoms with van der Waals surface area (Å²) < 4.78 is 13.0. The maximum absolute atomic E-state index is 13.0. The Morgan fingerprint density at radius 1 is 1.27 bits per heavy atom. The second-order valence-corrected chi connectivity index (χ2v) is 4.88. The van der Waals surface area contributed by atoms with Gasteiger partial charge in [-0.3, -0.25) is 0 Å². The fourth-order valence-electron chi connectivity index (χ4n) is 2.52. The van der Waals surface area contributed by atoms with Crippen LogP contribution in [0.1, 0.15) is 44.6 Å². The van der Waals surface area contributed by atoms with E-state index in [0.717, 1.165) is 17.4 Å². The summed E-state index contributed by atoms with van der Waals surface area (Å²) in [5.74, 6) is 1.75. The molecule has 2 heteroatoms. The molecule has 0 aromatic carbocycles. The molecule has 1 aromatic rings. The molecule has 0 spiro atoms. The molecule has 0 amide bonds. The first-order valence-corrected chi connectivity index (χ1v) is 5.78. The average Bonchev–Trinajstić information content (AvgIpc) is 2.22. The first kappa shape index (κ1) is 10.6. The molecule has 0 radical (unpaired) electrons. The lowest BCUT2D eigenvalue weighted by molar-refractivity contribution is 0.250. The first-order chi connectivity index (χ1) is 7.16. The van der Waals surface area contributed by atoms with Gasteiger partial charge in [0, 0.05) is 6.20 Å². The van der Waals surface area contributed by atoms with Gasteiger partial charge in [0.25, 0.3) is 0 Å². The van der Waals surface area contributed by atoms with Crippen LogP contribution in [0.3, 0.4) is 0 Å². The molecule has 3 atom stereocenters. The number of halogens is 1. The lowest BCUT2D eigenvalue weighted by Crippen LogP contribution is -2.19. The van der Waals surface area contributed by atoms with Crippen LogP contribution < -0.4 is 0 Å². The van der Waals surface area contributed by atoms with Crippen LogP contribution in [0.2, 0.25) is 0 Å². The van der Waals surface area contributed by atoms with Gasteiger partial charge in [0.2, 0.25) is 5.95 Å². The largest absolute Gasteiger partial charge is 0.228 e. The molecule has 1 fully saturated rings. The maximum atomic E-state index is 13.0.